The van der Waals surface area contributed by atoms with E-state index in [2.05, 4.69) is 10.2 Å². The lowest BCUT2D eigenvalue weighted by Crippen LogP contribution is -2.41. The van der Waals surface area contributed by atoms with Gasteiger partial charge < -0.3 is 14.1 Å². The van der Waals surface area contributed by atoms with Gasteiger partial charge in [0.15, 0.2) is 0 Å². The number of likely N-dealkylation sites (tertiary alicyclic amines) is 1. The summed E-state index contributed by atoms with van der Waals surface area (Å²) >= 11 is 5.90. The van der Waals surface area contributed by atoms with Crippen molar-refractivity contribution in [2.45, 2.75) is 45.1 Å². The zero-order valence-electron chi connectivity index (χ0n) is 14.7. The van der Waals surface area contributed by atoms with E-state index in [1.165, 1.54) is 0 Å². The molecule has 1 aromatic carbocycles. The van der Waals surface area contributed by atoms with Gasteiger partial charge in [-0.25, -0.2) is 4.79 Å². The first kappa shape index (κ1) is 17.7. The Kier molecular flexibility index (Phi) is 4.99. The Balaban J connectivity index is 1.60. The standard InChI is InChI=1S/C18H22ClN3O3/c1-18(2,3)25-17(23)22-10-8-13(9-11-22)16-21-20-15(24-16)12-4-6-14(19)7-5-12/h4-7,13H,8-11H2,1-3H3. The second-order valence-electron chi connectivity index (χ2n) is 7.19. The fourth-order valence-corrected chi connectivity index (χ4v) is 2.87. The first-order valence-electron chi connectivity index (χ1n) is 8.39. The SMILES string of the molecule is CC(C)(C)OC(=O)N1CCC(c2nnc(-c3ccc(Cl)cc3)o2)CC1. The van der Waals surface area contributed by atoms with E-state index in [9.17, 15) is 4.79 Å². The minimum Gasteiger partial charge on any atom is -0.444 e. The fourth-order valence-electron chi connectivity index (χ4n) is 2.74. The van der Waals surface area contributed by atoms with Gasteiger partial charge in [-0.1, -0.05) is 11.6 Å². The summed E-state index contributed by atoms with van der Waals surface area (Å²) in [6.45, 7) is 6.85. The van der Waals surface area contributed by atoms with Crippen molar-refractivity contribution in [1.82, 2.24) is 15.1 Å². The van der Waals surface area contributed by atoms with Crippen LogP contribution in [0, 0.1) is 0 Å². The molecule has 1 aromatic heterocycles. The lowest BCUT2D eigenvalue weighted by atomic mass is 9.97. The van der Waals surface area contributed by atoms with Crippen LogP contribution in [0.25, 0.3) is 11.5 Å². The maximum absolute atomic E-state index is 12.1. The van der Waals surface area contributed by atoms with Crippen molar-refractivity contribution in [3.63, 3.8) is 0 Å². The Morgan fingerprint density at radius 2 is 1.84 bits per heavy atom. The highest BCUT2D eigenvalue weighted by Crippen LogP contribution is 2.30. The Labute approximate surface area is 152 Å². The number of carbonyl (C=O) groups excluding carboxylic acids is 1. The van der Waals surface area contributed by atoms with Crippen LogP contribution in [0.4, 0.5) is 4.79 Å². The van der Waals surface area contributed by atoms with Crippen molar-refractivity contribution in [2.24, 2.45) is 0 Å². The van der Waals surface area contributed by atoms with Crippen molar-refractivity contribution in [2.75, 3.05) is 13.1 Å². The minimum atomic E-state index is -0.478. The number of hydrogen-bond acceptors (Lipinski definition) is 5. The van der Waals surface area contributed by atoms with Gasteiger partial charge >= 0.3 is 6.09 Å². The van der Waals surface area contributed by atoms with Crippen LogP contribution < -0.4 is 0 Å². The van der Waals surface area contributed by atoms with E-state index in [1.807, 2.05) is 32.9 Å². The largest absolute Gasteiger partial charge is 0.444 e. The van der Waals surface area contributed by atoms with Crippen LogP contribution in [-0.2, 0) is 4.74 Å². The number of carbonyl (C=O) groups is 1. The zero-order chi connectivity index (χ0) is 18.0. The van der Waals surface area contributed by atoms with E-state index in [1.54, 1.807) is 17.0 Å². The topological polar surface area (TPSA) is 68.5 Å². The molecule has 0 aliphatic carbocycles. The van der Waals surface area contributed by atoms with Crippen LogP contribution in [0.15, 0.2) is 28.7 Å². The molecule has 3 rings (SSSR count). The number of halogens is 1. The van der Waals surface area contributed by atoms with Gasteiger partial charge in [0.25, 0.3) is 0 Å². The molecule has 1 aliphatic heterocycles. The van der Waals surface area contributed by atoms with E-state index in [-0.39, 0.29) is 12.0 Å². The highest BCUT2D eigenvalue weighted by atomic mass is 35.5. The molecule has 1 amide bonds. The van der Waals surface area contributed by atoms with Gasteiger partial charge in [0, 0.05) is 29.6 Å². The smallest absolute Gasteiger partial charge is 0.410 e. The Morgan fingerprint density at radius 3 is 2.44 bits per heavy atom. The van der Waals surface area contributed by atoms with Crippen LogP contribution in [0.5, 0.6) is 0 Å². The Hall–Kier alpha value is -2.08. The average Bonchev–Trinajstić information content (AvgIpc) is 3.04. The van der Waals surface area contributed by atoms with Crippen molar-refractivity contribution in [1.29, 1.82) is 0 Å². The van der Waals surface area contributed by atoms with Crippen LogP contribution in [-0.4, -0.2) is 39.9 Å². The van der Waals surface area contributed by atoms with Gasteiger partial charge in [0.05, 0.1) is 0 Å². The highest BCUT2D eigenvalue weighted by Gasteiger charge is 2.29. The zero-order valence-corrected chi connectivity index (χ0v) is 15.4. The predicted molar refractivity (Wildman–Crippen MR) is 94.5 cm³/mol. The summed E-state index contributed by atoms with van der Waals surface area (Å²) in [6, 6.07) is 7.29. The van der Waals surface area contributed by atoms with Crippen LogP contribution in [0.2, 0.25) is 5.02 Å². The van der Waals surface area contributed by atoms with Gasteiger partial charge in [-0.15, -0.1) is 10.2 Å². The monoisotopic (exact) mass is 363 g/mol. The summed E-state index contributed by atoms with van der Waals surface area (Å²) in [5, 5.41) is 8.98. The molecule has 25 heavy (non-hydrogen) atoms. The number of benzene rings is 1. The fraction of sp³-hybridized carbons (Fsp3) is 0.500. The molecule has 0 radical (unpaired) electrons. The predicted octanol–water partition coefficient (Wildman–Crippen LogP) is 4.50. The van der Waals surface area contributed by atoms with Gasteiger partial charge in [-0.2, -0.15) is 0 Å². The molecule has 0 spiro atoms. The third-order valence-corrected chi connectivity index (χ3v) is 4.28. The minimum absolute atomic E-state index is 0.159. The molecule has 0 N–H and O–H groups in total. The normalized spacial score (nSPS) is 16.1. The first-order valence-corrected chi connectivity index (χ1v) is 8.77. The molecule has 1 saturated heterocycles. The van der Waals surface area contributed by atoms with Crippen molar-refractivity contribution < 1.29 is 13.9 Å². The molecule has 0 bridgehead atoms. The molecule has 1 fully saturated rings. The Bertz CT molecular complexity index is 729. The summed E-state index contributed by atoms with van der Waals surface area (Å²) in [5.41, 5.74) is 0.364. The number of rotatable bonds is 2. The molecule has 0 saturated carbocycles. The lowest BCUT2D eigenvalue weighted by molar-refractivity contribution is 0.0199. The summed E-state index contributed by atoms with van der Waals surface area (Å²) in [4.78, 5) is 13.8. The molecular weight excluding hydrogens is 342 g/mol. The number of aromatic nitrogens is 2. The molecule has 2 heterocycles. The van der Waals surface area contributed by atoms with Gasteiger partial charge in [0.2, 0.25) is 11.8 Å². The number of piperidine rings is 1. The maximum atomic E-state index is 12.1. The molecule has 0 atom stereocenters. The highest BCUT2D eigenvalue weighted by molar-refractivity contribution is 6.30. The van der Waals surface area contributed by atoms with Gasteiger partial charge in [-0.05, 0) is 57.9 Å². The molecular formula is C18H22ClN3O3. The molecule has 0 unspecified atom stereocenters. The molecule has 6 nitrogen and oxygen atoms in total. The van der Waals surface area contributed by atoms with Gasteiger partial charge in [0.1, 0.15) is 5.60 Å². The lowest BCUT2D eigenvalue weighted by Gasteiger charge is -2.32. The van der Waals surface area contributed by atoms with Crippen LogP contribution in [0.3, 0.4) is 0 Å². The summed E-state index contributed by atoms with van der Waals surface area (Å²) in [5.74, 6) is 1.27. The van der Waals surface area contributed by atoms with E-state index in [0.717, 1.165) is 18.4 Å². The van der Waals surface area contributed by atoms with Crippen LogP contribution >= 0.6 is 11.6 Å². The summed E-state index contributed by atoms with van der Waals surface area (Å²) in [7, 11) is 0. The quantitative estimate of drug-likeness (QED) is 0.785. The second-order valence-corrected chi connectivity index (χ2v) is 7.63. The van der Waals surface area contributed by atoms with Gasteiger partial charge in [-0.3, -0.25) is 0 Å². The summed E-state index contributed by atoms with van der Waals surface area (Å²) in [6.07, 6.45) is 1.29. The molecule has 134 valence electrons. The number of ether oxygens (including phenoxy) is 1. The first-order chi connectivity index (χ1) is 11.8. The van der Waals surface area contributed by atoms with E-state index >= 15 is 0 Å². The average molecular weight is 364 g/mol. The molecule has 2 aromatic rings. The number of amides is 1. The Morgan fingerprint density at radius 1 is 1.20 bits per heavy atom. The third-order valence-electron chi connectivity index (χ3n) is 4.03. The van der Waals surface area contributed by atoms with Crippen LogP contribution in [0.1, 0.15) is 45.4 Å². The van der Waals surface area contributed by atoms with Crippen molar-refractivity contribution in [3.05, 3.63) is 35.2 Å². The van der Waals surface area contributed by atoms with E-state index < -0.39 is 5.60 Å². The molecule has 7 heteroatoms. The van der Waals surface area contributed by atoms with Crippen molar-refractivity contribution >= 4 is 17.7 Å². The maximum Gasteiger partial charge on any atom is 0.410 e. The van der Waals surface area contributed by atoms with Crippen molar-refractivity contribution in [3.8, 4) is 11.5 Å². The number of nitrogens with zero attached hydrogens (tertiary/aromatic N) is 3. The summed E-state index contributed by atoms with van der Waals surface area (Å²) < 4.78 is 11.2. The number of hydrogen-bond donors (Lipinski definition) is 0. The van der Waals surface area contributed by atoms with E-state index in [4.69, 9.17) is 20.8 Å². The molecule has 1 aliphatic rings. The third kappa shape index (κ3) is 4.51. The van der Waals surface area contributed by atoms with E-state index in [0.29, 0.717) is 29.9 Å². The second kappa shape index (κ2) is 7.04.